The van der Waals surface area contributed by atoms with Gasteiger partial charge in [-0.05, 0) is 26.0 Å². The average Bonchev–Trinajstić information content (AvgIpc) is 2.34. The van der Waals surface area contributed by atoms with Crippen molar-refractivity contribution >= 4 is 11.9 Å². The van der Waals surface area contributed by atoms with Crippen molar-refractivity contribution in [3.8, 4) is 11.5 Å². The van der Waals surface area contributed by atoms with Crippen molar-refractivity contribution in [3.63, 3.8) is 0 Å². The number of aromatic hydroxyl groups is 2. The van der Waals surface area contributed by atoms with Gasteiger partial charge in [0.15, 0.2) is 0 Å². The molecule has 0 saturated heterocycles. The van der Waals surface area contributed by atoms with E-state index in [9.17, 15) is 19.8 Å². The lowest BCUT2D eigenvalue weighted by Gasteiger charge is -2.19. The van der Waals surface area contributed by atoms with Gasteiger partial charge >= 0.3 is 5.97 Å². The predicted octanol–water partition coefficient (Wildman–Crippen LogP) is 1.12. The molecule has 6 heteroatoms. The van der Waals surface area contributed by atoms with Crippen molar-refractivity contribution in [2.75, 3.05) is 19.7 Å². The van der Waals surface area contributed by atoms with Gasteiger partial charge in [-0.25, -0.2) is 0 Å². The van der Waals surface area contributed by atoms with Crippen molar-refractivity contribution in [2.45, 2.75) is 13.8 Å². The number of amides is 1. The number of phenolic OH excluding ortho intramolecular Hbond substituents is 2. The molecule has 0 atom stereocenters. The summed E-state index contributed by atoms with van der Waals surface area (Å²) >= 11 is 0. The van der Waals surface area contributed by atoms with Gasteiger partial charge in [-0.3, -0.25) is 9.59 Å². The van der Waals surface area contributed by atoms with Crippen molar-refractivity contribution in [1.29, 1.82) is 0 Å². The maximum atomic E-state index is 12.1. The SMILES string of the molecule is CCOC(=O)CN(CC)C(=O)c1cc(O)cc(O)c1. The molecule has 1 aromatic carbocycles. The van der Waals surface area contributed by atoms with Gasteiger partial charge < -0.3 is 19.8 Å². The Morgan fingerprint density at radius 2 is 1.74 bits per heavy atom. The number of ether oxygens (including phenoxy) is 1. The lowest BCUT2D eigenvalue weighted by atomic mass is 10.1. The molecule has 104 valence electrons. The van der Waals surface area contributed by atoms with Crippen LogP contribution in [0.25, 0.3) is 0 Å². The number of esters is 1. The summed E-state index contributed by atoms with van der Waals surface area (Å²) in [4.78, 5) is 24.8. The maximum absolute atomic E-state index is 12.1. The minimum atomic E-state index is -0.498. The molecule has 0 bridgehead atoms. The fraction of sp³-hybridized carbons (Fsp3) is 0.385. The van der Waals surface area contributed by atoms with Crippen LogP contribution in [0.4, 0.5) is 0 Å². The summed E-state index contributed by atoms with van der Waals surface area (Å²) in [5.74, 6) is -1.38. The molecule has 1 aromatic rings. The van der Waals surface area contributed by atoms with Crippen molar-refractivity contribution in [2.24, 2.45) is 0 Å². The van der Waals surface area contributed by atoms with Gasteiger partial charge in [0.05, 0.1) is 6.61 Å². The van der Waals surface area contributed by atoms with Gasteiger partial charge in [-0.2, -0.15) is 0 Å². The topological polar surface area (TPSA) is 87.1 Å². The first kappa shape index (κ1) is 14.8. The van der Waals surface area contributed by atoms with Crippen molar-refractivity contribution in [1.82, 2.24) is 4.90 Å². The van der Waals surface area contributed by atoms with Crippen LogP contribution in [-0.4, -0.2) is 46.7 Å². The average molecular weight is 267 g/mol. The van der Waals surface area contributed by atoms with Crippen LogP contribution in [0.1, 0.15) is 24.2 Å². The van der Waals surface area contributed by atoms with E-state index in [-0.39, 0.29) is 30.2 Å². The molecule has 0 aliphatic rings. The quantitative estimate of drug-likeness (QED) is 0.781. The zero-order chi connectivity index (χ0) is 14.4. The number of hydrogen-bond donors (Lipinski definition) is 2. The van der Waals surface area contributed by atoms with E-state index in [1.165, 1.54) is 17.0 Å². The van der Waals surface area contributed by atoms with Gasteiger partial charge in [0.25, 0.3) is 5.91 Å². The Morgan fingerprint density at radius 3 is 2.21 bits per heavy atom. The predicted molar refractivity (Wildman–Crippen MR) is 68.0 cm³/mol. The molecule has 0 fully saturated rings. The zero-order valence-electron chi connectivity index (χ0n) is 10.9. The molecular formula is C13H17NO5. The Hall–Kier alpha value is -2.24. The number of carbonyl (C=O) groups excluding carboxylic acids is 2. The number of phenols is 2. The number of likely N-dealkylation sites (N-methyl/N-ethyl adjacent to an activating group) is 1. The Kier molecular flexibility index (Phi) is 5.17. The van der Waals surface area contributed by atoms with Crippen molar-refractivity contribution in [3.05, 3.63) is 23.8 Å². The highest BCUT2D eigenvalue weighted by Crippen LogP contribution is 2.21. The number of rotatable bonds is 5. The standard InChI is InChI=1S/C13H17NO5/c1-3-14(8-12(17)19-4-2)13(18)9-5-10(15)7-11(16)6-9/h5-7,15-16H,3-4,8H2,1-2H3. The number of nitrogens with zero attached hydrogens (tertiary/aromatic N) is 1. The Morgan fingerprint density at radius 1 is 1.16 bits per heavy atom. The lowest BCUT2D eigenvalue weighted by molar-refractivity contribution is -0.143. The molecule has 0 heterocycles. The van der Waals surface area contributed by atoms with Crippen molar-refractivity contribution < 1.29 is 24.5 Å². The molecule has 2 N–H and O–H groups in total. The molecular weight excluding hydrogens is 250 g/mol. The molecule has 0 aromatic heterocycles. The summed E-state index contributed by atoms with van der Waals surface area (Å²) in [5.41, 5.74) is 0.114. The summed E-state index contributed by atoms with van der Waals surface area (Å²) in [6, 6.07) is 3.59. The Bertz CT molecular complexity index is 452. The van der Waals surface area contributed by atoms with E-state index >= 15 is 0 Å². The van der Waals surface area contributed by atoms with Crippen LogP contribution in [0.15, 0.2) is 18.2 Å². The summed E-state index contributed by atoms with van der Waals surface area (Å²) in [5, 5.41) is 18.7. The second-order valence-electron chi connectivity index (χ2n) is 3.86. The fourth-order valence-corrected chi connectivity index (χ4v) is 1.59. The van der Waals surface area contributed by atoms with Crippen LogP contribution in [0, 0.1) is 0 Å². The van der Waals surface area contributed by atoms with E-state index in [0.717, 1.165) is 6.07 Å². The van der Waals surface area contributed by atoms with Crippen LogP contribution >= 0.6 is 0 Å². The van der Waals surface area contributed by atoms with Crippen LogP contribution in [-0.2, 0) is 9.53 Å². The molecule has 0 saturated carbocycles. The first-order valence-corrected chi connectivity index (χ1v) is 5.95. The molecule has 0 spiro atoms. The van der Waals surface area contributed by atoms with Gasteiger partial charge in [0.2, 0.25) is 0 Å². The lowest BCUT2D eigenvalue weighted by Crippen LogP contribution is -2.36. The second kappa shape index (κ2) is 6.63. The third-order valence-electron chi connectivity index (χ3n) is 2.44. The van der Waals surface area contributed by atoms with E-state index in [2.05, 4.69) is 0 Å². The summed E-state index contributed by atoms with van der Waals surface area (Å²) in [6.07, 6.45) is 0. The minimum absolute atomic E-state index is 0.114. The van der Waals surface area contributed by atoms with E-state index < -0.39 is 11.9 Å². The van der Waals surface area contributed by atoms with Gasteiger partial charge in [0, 0.05) is 18.2 Å². The molecule has 0 aliphatic carbocycles. The van der Waals surface area contributed by atoms with Gasteiger partial charge in [-0.1, -0.05) is 0 Å². The summed E-state index contributed by atoms with van der Waals surface area (Å²) < 4.78 is 4.78. The van der Waals surface area contributed by atoms with E-state index in [0.29, 0.717) is 6.54 Å². The highest BCUT2D eigenvalue weighted by molar-refractivity contribution is 5.96. The normalized spacial score (nSPS) is 10.0. The number of benzene rings is 1. The minimum Gasteiger partial charge on any atom is -0.508 e. The van der Waals surface area contributed by atoms with Crippen LogP contribution in [0.5, 0.6) is 11.5 Å². The van der Waals surface area contributed by atoms with Gasteiger partial charge in [0.1, 0.15) is 18.0 Å². The molecule has 0 radical (unpaired) electrons. The van der Waals surface area contributed by atoms with E-state index in [1.807, 2.05) is 0 Å². The summed E-state index contributed by atoms with van der Waals surface area (Å²) in [6.45, 7) is 3.80. The molecule has 0 unspecified atom stereocenters. The molecule has 19 heavy (non-hydrogen) atoms. The number of carbonyl (C=O) groups is 2. The Labute approximate surface area is 111 Å². The third-order valence-corrected chi connectivity index (χ3v) is 2.44. The second-order valence-corrected chi connectivity index (χ2v) is 3.86. The highest BCUT2D eigenvalue weighted by Gasteiger charge is 2.19. The monoisotopic (exact) mass is 267 g/mol. The van der Waals surface area contributed by atoms with E-state index in [1.54, 1.807) is 13.8 Å². The third kappa shape index (κ3) is 4.17. The van der Waals surface area contributed by atoms with Crippen LogP contribution < -0.4 is 0 Å². The molecule has 6 nitrogen and oxygen atoms in total. The zero-order valence-corrected chi connectivity index (χ0v) is 10.9. The maximum Gasteiger partial charge on any atom is 0.325 e. The van der Waals surface area contributed by atoms with Crippen LogP contribution in [0.2, 0.25) is 0 Å². The Balaban J connectivity index is 2.86. The smallest absolute Gasteiger partial charge is 0.325 e. The molecule has 0 aliphatic heterocycles. The van der Waals surface area contributed by atoms with Crippen LogP contribution in [0.3, 0.4) is 0 Å². The highest BCUT2D eigenvalue weighted by atomic mass is 16.5. The fourth-order valence-electron chi connectivity index (χ4n) is 1.59. The molecule has 1 amide bonds. The van der Waals surface area contributed by atoms with Gasteiger partial charge in [-0.15, -0.1) is 0 Å². The largest absolute Gasteiger partial charge is 0.508 e. The first-order valence-electron chi connectivity index (χ1n) is 5.95. The van der Waals surface area contributed by atoms with E-state index in [4.69, 9.17) is 4.74 Å². The first-order chi connectivity index (χ1) is 8.97. The summed E-state index contributed by atoms with van der Waals surface area (Å²) in [7, 11) is 0. The molecule has 1 rings (SSSR count). The number of hydrogen-bond acceptors (Lipinski definition) is 5.